The van der Waals surface area contributed by atoms with E-state index in [2.05, 4.69) is 10.0 Å². The first-order valence-corrected chi connectivity index (χ1v) is 9.89. The maximum atomic E-state index is 12.4. The molecule has 0 radical (unpaired) electrons. The molecule has 3 rings (SSSR count). The summed E-state index contributed by atoms with van der Waals surface area (Å²) in [5, 5.41) is 4.63. The fourth-order valence-corrected chi connectivity index (χ4v) is 3.98. The molecule has 1 heterocycles. The summed E-state index contributed by atoms with van der Waals surface area (Å²) in [6.45, 7) is 0.223. The van der Waals surface area contributed by atoms with Crippen molar-refractivity contribution in [2.75, 3.05) is 5.32 Å². The topological polar surface area (TPSA) is 75.3 Å². The van der Waals surface area contributed by atoms with Crippen LogP contribution < -0.4 is 10.0 Å². The van der Waals surface area contributed by atoms with Gasteiger partial charge in [-0.1, -0.05) is 30.3 Å². The zero-order valence-corrected chi connectivity index (χ0v) is 14.8. The van der Waals surface area contributed by atoms with Gasteiger partial charge in [-0.15, -0.1) is 11.3 Å². The van der Waals surface area contributed by atoms with Crippen molar-refractivity contribution in [2.24, 2.45) is 0 Å². The molecule has 2 N–H and O–H groups in total. The third-order valence-electron chi connectivity index (χ3n) is 3.45. The molecule has 1 aromatic heterocycles. The maximum Gasteiger partial charge on any atom is 0.255 e. The molecule has 0 saturated heterocycles. The smallest absolute Gasteiger partial charge is 0.255 e. The number of nitrogens with one attached hydrogen (secondary N) is 2. The molecule has 0 spiro atoms. The molecule has 3 aromatic rings. The summed E-state index contributed by atoms with van der Waals surface area (Å²) in [4.78, 5) is 13.3. The molecule has 0 aliphatic heterocycles. The van der Waals surface area contributed by atoms with Gasteiger partial charge in [0.2, 0.25) is 10.0 Å². The van der Waals surface area contributed by atoms with E-state index in [1.54, 1.807) is 24.3 Å². The van der Waals surface area contributed by atoms with Crippen LogP contribution in [0.5, 0.6) is 0 Å². The molecular weight excluding hydrogens is 356 g/mol. The molecular formula is C18H16N2O3S2. The molecule has 0 aliphatic rings. The quantitative estimate of drug-likeness (QED) is 0.696. The third-order valence-corrected chi connectivity index (χ3v) is 5.73. The number of hydrogen-bond donors (Lipinski definition) is 2. The lowest BCUT2D eigenvalue weighted by Crippen LogP contribution is -2.23. The molecule has 0 aliphatic carbocycles. The first kappa shape index (κ1) is 17.3. The minimum Gasteiger partial charge on any atom is -0.322 e. The molecule has 0 atom stereocenters. The summed E-state index contributed by atoms with van der Waals surface area (Å²) >= 11 is 1.48. The van der Waals surface area contributed by atoms with Gasteiger partial charge < -0.3 is 5.32 Å². The predicted octanol–water partition coefficient (Wildman–Crippen LogP) is 3.48. The Labute approximate surface area is 150 Å². The second kappa shape index (κ2) is 7.60. The molecule has 5 nitrogen and oxygen atoms in total. The molecule has 7 heteroatoms. The van der Waals surface area contributed by atoms with Gasteiger partial charge in [0.25, 0.3) is 5.91 Å². The lowest BCUT2D eigenvalue weighted by Gasteiger charge is -2.08. The van der Waals surface area contributed by atoms with E-state index >= 15 is 0 Å². The largest absolute Gasteiger partial charge is 0.322 e. The minimum atomic E-state index is -3.69. The van der Waals surface area contributed by atoms with E-state index in [1.165, 1.54) is 23.5 Å². The van der Waals surface area contributed by atoms with Gasteiger partial charge in [-0.05, 0) is 41.8 Å². The Balaban J connectivity index is 1.75. The van der Waals surface area contributed by atoms with Crippen molar-refractivity contribution in [3.05, 3.63) is 82.6 Å². The summed E-state index contributed by atoms with van der Waals surface area (Å²) in [5.41, 5.74) is 0.930. The average molecular weight is 372 g/mol. The monoisotopic (exact) mass is 372 g/mol. The van der Waals surface area contributed by atoms with E-state index in [0.717, 1.165) is 4.88 Å². The highest BCUT2D eigenvalue weighted by atomic mass is 32.2. The lowest BCUT2D eigenvalue weighted by atomic mass is 10.2. The Morgan fingerprint density at radius 2 is 1.76 bits per heavy atom. The Bertz CT molecular complexity index is 953. The number of thiophene rings is 1. The first-order valence-electron chi connectivity index (χ1n) is 7.53. The summed E-state index contributed by atoms with van der Waals surface area (Å²) < 4.78 is 27.4. The van der Waals surface area contributed by atoms with Gasteiger partial charge in [0, 0.05) is 22.7 Å². The molecule has 2 aromatic carbocycles. The normalized spacial score (nSPS) is 11.2. The Kier molecular flexibility index (Phi) is 5.28. The van der Waals surface area contributed by atoms with Crippen molar-refractivity contribution in [3.8, 4) is 0 Å². The van der Waals surface area contributed by atoms with E-state index in [4.69, 9.17) is 0 Å². The number of benzene rings is 2. The van der Waals surface area contributed by atoms with Crippen molar-refractivity contribution < 1.29 is 13.2 Å². The van der Waals surface area contributed by atoms with Crippen molar-refractivity contribution >= 4 is 33.0 Å². The highest BCUT2D eigenvalue weighted by Crippen LogP contribution is 2.15. The Morgan fingerprint density at radius 3 is 2.48 bits per heavy atom. The van der Waals surface area contributed by atoms with Gasteiger partial charge >= 0.3 is 0 Å². The molecule has 0 saturated carbocycles. The van der Waals surface area contributed by atoms with Gasteiger partial charge in [0.15, 0.2) is 0 Å². The van der Waals surface area contributed by atoms with Crippen LogP contribution in [-0.4, -0.2) is 14.3 Å². The van der Waals surface area contributed by atoms with Crippen LogP contribution in [0.2, 0.25) is 0 Å². The number of anilines is 1. The van der Waals surface area contributed by atoms with Gasteiger partial charge in [-0.25, -0.2) is 13.1 Å². The number of carbonyl (C=O) groups is 1. The lowest BCUT2D eigenvalue weighted by molar-refractivity contribution is 0.102. The number of carbonyl (C=O) groups excluding carboxylic acids is 1. The van der Waals surface area contributed by atoms with Crippen molar-refractivity contribution in [1.29, 1.82) is 0 Å². The van der Waals surface area contributed by atoms with E-state index < -0.39 is 10.0 Å². The number of hydrogen-bond acceptors (Lipinski definition) is 4. The third kappa shape index (κ3) is 4.54. The van der Waals surface area contributed by atoms with Crippen LogP contribution in [0.1, 0.15) is 15.2 Å². The number of rotatable bonds is 6. The summed E-state index contributed by atoms with van der Waals surface area (Å²) in [6.07, 6.45) is 0. The molecule has 0 fully saturated rings. The molecule has 0 unspecified atom stereocenters. The van der Waals surface area contributed by atoms with Crippen LogP contribution in [0.15, 0.2) is 77.0 Å². The van der Waals surface area contributed by atoms with Gasteiger partial charge in [-0.3, -0.25) is 4.79 Å². The number of sulfonamides is 1. The Morgan fingerprint density at radius 1 is 0.960 bits per heavy atom. The van der Waals surface area contributed by atoms with Crippen molar-refractivity contribution in [2.45, 2.75) is 11.4 Å². The van der Waals surface area contributed by atoms with Gasteiger partial charge in [-0.2, -0.15) is 0 Å². The van der Waals surface area contributed by atoms with Crippen LogP contribution in [0.3, 0.4) is 0 Å². The molecule has 0 bridgehead atoms. The fraction of sp³-hybridized carbons (Fsp3) is 0.0556. The SMILES string of the molecule is O=C(Nc1ccccc1)c1cccc(S(=O)(=O)NCc2cccs2)c1. The molecule has 25 heavy (non-hydrogen) atoms. The second-order valence-corrected chi connectivity index (χ2v) is 8.05. The zero-order chi connectivity index (χ0) is 17.7. The van der Waals surface area contributed by atoms with E-state index in [1.807, 2.05) is 35.7 Å². The van der Waals surface area contributed by atoms with Crippen molar-refractivity contribution in [1.82, 2.24) is 4.72 Å². The van der Waals surface area contributed by atoms with E-state index in [-0.39, 0.29) is 22.9 Å². The molecule has 1 amide bonds. The summed E-state index contributed by atoms with van der Waals surface area (Å²) in [5.74, 6) is -0.360. The van der Waals surface area contributed by atoms with Crippen molar-refractivity contribution in [3.63, 3.8) is 0 Å². The highest BCUT2D eigenvalue weighted by Gasteiger charge is 2.16. The minimum absolute atomic E-state index is 0.0600. The number of amides is 1. The fourth-order valence-electron chi connectivity index (χ4n) is 2.19. The van der Waals surface area contributed by atoms with Crippen LogP contribution >= 0.6 is 11.3 Å². The van der Waals surface area contributed by atoms with Crippen LogP contribution in [-0.2, 0) is 16.6 Å². The Hall–Kier alpha value is -2.48. The average Bonchev–Trinajstić information content (AvgIpc) is 3.15. The van der Waals surface area contributed by atoms with Crippen LogP contribution in [0, 0.1) is 0 Å². The second-order valence-electron chi connectivity index (χ2n) is 5.25. The van der Waals surface area contributed by atoms with Crippen LogP contribution in [0.4, 0.5) is 5.69 Å². The van der Waals surface area contributed by atoms with Crippen LogP contribution in [0.25, 0.3) is 0 Å². The highest BCUT2D eigenvalue weighted by molar-refractivity contribution is 7.89. The zero-order valence-electron chi connectivity index (χ0n) is 13.2. The maximum absolute atomic E-state index is 12.4. The summed E-state index contributed by atoms with van der Waals surface area (Å²) in [7, 11) is -3.69. The van der Waals surface area contributed by atoms with Gasteiger partial charge in [0.1, 0.15) is 0 Å². The summed E-state index contributed by atoms with van der Waals surface area (Å²) in [6, 6.07) is 18.7. The standard InChI is InChI=1S/C18H16N2O3S2/c21-18(20-15-7-2-1-3-8-15)14-6-4-10-17(12-14)25(22,23)19-13-16-9-5-11-24-16/h1-12,19H,13H2,(H,20,21). The first-order chi connectivity index (χ1) is 12.0. The van der Waals surface area contributed by atoms with E-state index in [9.17, 15) is 13.2 Å². The number of para-hydroxylation sites is 1. The van der Waals surface area contributed by atoms with E-state index in [0.29, 0.717) is 5.69 Å². The molecule has 128 valence electrons. The van der Waals surface area contributed by atoms with Gasteiger partial charge in [0.05, 0.1) is 4.90 Å². The predicted molar refractivity (Wildman–Crippen MR) is 99.2 cm³/mol.